The van der Waals surface area contributed by atoms with Crippen molar-refractivity contribution in [2.75, 3.05) is 31.1 Å². The van der Waals surface area contributed by atoms with Crippen molar-refractivity contribution in [3.05, 3.63) is 90.0 Å². The van der Waals surface area contributed by atoms with Crippen LogP contribution in [0.3, 0.4) is 0 Å². The first-order chi connectivity index (χ1) is 20.1. The van der Waals surface area contributed by atoms with Crippen LogP contribution in [-0.4, -0.2) is 74.4 Å². The van der Waals surface area contributed by atoms with Gasteiger partial charge in [0.1, 0.15) is 6.04 Å². The van der Waals surface area contributed by atoms with Crippen molar-refractivity contribution >= 4 is 46.8 Å². The Hall–Kier alpha value is -3.07. The summed E-state index contributed by atoms with van der Waals surface area (Å²) in [6.45, 7) is 12.4. The zero-order valence-corrected chi connectivity index (χ0v) is 25.7. The summed E-state index contributed by atoms with van der Waals surface area (Å²) >= 11 is 8.25. The summed E-state index contributed by atoms with van der Waals surface area (Å²) < 4.78 is -1.32. The number of hydrogen-bond acceptors (Lipinski definition) is 5. The Kier molecular flexibility index (Phi) is 8.61. The Morgan fingerprint density at radius 1 is 1.10 bits per heavy atom. The van der Waals surface area contributed by atoms with Crippen LogP contribution in [0.1, 0.15) is 30.9 Å². The molecule has 5 rings (SSSR count). The van der Waals surface area contributed by atoms with E-state index in [4.69, 9.17) is 11.6 Å². The minimum Gasteiger partial charge on any atom is -0.395 e. The number of rotatable bonds is 11. The van der Waals surface area contributed by atoms with E-state index < -0.39 is 27.4 Å². The first-order valence-electron chi connectivity index (χ1n) is 14.4. The average Bonchev–Trinajstić information content (AvgIpc) is 3.53. The number of para-hydroxylation sites is 1. The van der Waals surface area contributed by atoms with Crippen LogP contribution in [-0.2, 0) is 20.9 Å². The number of fused-ring (bicyclic) bond motifs is 1. The number of carbonyl (C=O) groups is 3. The number of hydrogen-bond donors (Lipinski definition) is 1. The fourth-order valence-corrected chi connectivity index (χ4v) is 10.0. The van der Waals surface area contributed by atoms with Gasteiger partial charge < -0.3 is 19.8 Å². The molecule has 0 aromatic heterocycles. The number of aryl methyl sites for hydroxylation is 1. The molecular formula is C33H38ClN3O4S. The van der Waals surface area contributed by atoms with Crippen LogP contribution >= 0.6 is 23.4 Å². The molecule has 2 unspecified atom stereocenters. The van der Waals surface area contributed by atoms with Crippen LogP contribution in [0.5, 0.6) is 0 Å². The molecule has 9 heteroatoms. The minimum absolute atomic E-state index is 0.00942. The Bertz CT molecular complexity index is 1380. The van der Waals surface area contributed by atoms with E-state index in [1.807, 2.05) is 49.4 Å². The second kappa shape index (κ2) is 11.9. The van der Waals surface area contributed by atoms with Gasteiger partial charge in [0, 0.05) is 30.9 Å². The van der Waals surface area contributed by atoms with E-state index in [1.165, 1.54) is 4.90 Å². The van der Waals surface area contributed by atoms with Gasteiger partial charge in [0.2, 0.25) is 11.8 Å². The predicted octanol–water partition coefficient (Wildman–Crippen LogP) is 4.86. The monoisotopic (exact) mass is 607 g/mol. The molecule has 7 nitrogen and oxygen atoms in total. The molecule has 1 spiro atoms. The lowest BCUT2D eigenvalue weighted by atomic mass is 9.66. The summed E-state index contributed by atoms with van der Waals surface area (Å²) in [5.41, 5.74) is 2.40. The third kappa shape index (κ3) is 4.87. The highest BCUT2D eigenvalue weighted by Crippen LogP contribution is 2.71. The first kappa shape index (κ1) is 30.4. The second-order valence-corrected chi connectivity index (χ2v) is 13.9. The maximum Gasteiger partial charge on any atom is 0.251 e. The van der Waals surface area contributed by atoms with Gasteiger partial charge in [0.25, 0.3) is 5.91 Å². The number of thioether (sulfide) groups is 1. The third-order valence-electron chi connectivity index (χ3n) is 9.03. The van der Waals surface area contributed by atoms with Crippen LogP contribution in [0.25, 0.3) is 0 Å². The molecule has 3 aliphatic heterocycles. The van der Waals surface area contributed by atoms with Crippen LogP contribution in [0.15, 0.2) is 73.8 Å². The van der Waals surface area contributed by atoms with Crippen molar-refractivity contribution in [2.45, 2.75) is 48.8 Å². The fourth-order valence-electron chi connectivity index (χ4n) is 7.35. The van der Waals surface area contributed by atoms with Gasteiger partial charge in [-0.2, -0.15) is 0 Å². The topological polar surface area (TPSA) is 81.2 Å². The van der Waals surface area contributed by atoms with E-state index >= 15 is 0 Å². The van der Waals surface area contributed by atoms with E-state index in [-0.39, 0.29) is 37.4 Å². The molecule has 0 radical (unpaired) electrons. The number of β-amino-alcohol motifs (C(OH)–C–C–N with tert-alkyl or cyclic N) is 1. The van der Waals surface area contributed by atoms with Crippen molar-refractivity contribution < 1.29 is 19.5 Å². The van der Waals surface area contributed by atoms with Gasteiger partial charge >= 0.3 is 0 Å². The number of anilines is 1. The predicted molar refractivity (Wildman–Crippen MR) is 168 cm³/mol. The number of benzene rings is 2. The van der Waals surface area contributed by atoms with Crippen molar-refractivity contribution in [3.8, 4) is 0 Å². The van der Waals surface area contributed by atoms with E-state index in [2.05, 4.69) is 20.1 Å². The van der Waals surface area contributed by atoms with Gasteiger partial charge in [-0.25, -0.2) is 0 Å². The zero-order chi connectivity index (χ0) is 30.2. The van der Waals surface area contributed by atoms with Crippen molar-refractivity contribution in [3.63, 3.8) is 0 Å². The van der Waals surface area contributed by atoms with Crippen LogP contribution in [0, 0.1) is 18.8 Å². The summed E-state index contributed by atoms with van der Waals surface area (Å²) in [7, 11) is 0. The van der Waals surface area contributed by atoms with Gasteiger partial charge in [0.05, 0.1) is 33.9 Å². The Morgan fingerprint density at radius 2 is 1.81 bits per heavy atom. The van der Waals surface area contributed by atoms with Gasteiger partial charge in [-0.1, -0.05) is 66.2 Å². The Morgan fingerprint density at radius 3 is 2.45 bits per heavy atom. The van der Waals surface area contributed by atoms with Gasteiger partial charge in [0.15, 0.2) is 0 Å². The molecule has 0 saturated carbocycles. The highest BCUT2D eigenvalue weighted by molar-refractivity contribution is 8.02. The second-order valence-electron chi connectivity index (χ2n) is 11.6. The average molecular weight is 608 g/mol. The molecule has 3 saturated heterocycles. The largest absolute Gasteiger partial charge is 0.395 e. The van der Waals surface area contributed by atoms with E-state index in [0.29, 0.717) is 36.6 Å². The number of aliphatic hydroxyl groups excluding tert-OH is 1. The molecule has 2 aromatic rings. The lowest BCUT2D eigenvalue weighted by Gasteiger charge is -2.38. The molecule has 5 atom stereocenters. The Balaban J connectivity index is 1.57. The third-order valence-corrected chi connectivity index (χ3v) is 11.3. The number of carbonyl (C=O) groups excluding carboxylic acids is 3. The highest BCUT2D eigenvalue weighted by atomic mass is 35.5. The van der Waals surface area contributed by atoms with Crippen molar-refractivity contribution in [1.82, 2.24) is 9.80 Å². The molecule has 3 heterocycles. The number of aliphatic hydroxyl groups is 1. The van der Waals surface area contributed by atoms with Gasteiger partial charge in [-0.3, -0.25) is 14.4 Å². The van der Waals surface area contributed by atoms with Gasteiger partial charge in [-0.05, 0) is 43.9 Å². The summed E-state index contributed by atoms with van der Waals surface area (Å²) in [4.78, 5) is 48.3. The minimum atomic E-state index is -0.857. The van der Waals surface area contributed by atoms with Crippen LogP contribution in [0.2, 0.25) is 5.02 Å². The first-order valence-corrected chi connectivity index (χ1v) is 15.6. The number of nitrogens with zero attached hydrogens (tertiary/aromatic N) is 3. The molecular weight excluding hydrogens is 570 g/mol. The number of amides is 3. The zero-order valence-electron chi connectivity index (χ0n) is 24.2. The summed E-state index contributed by atoms with van der Waals surface area (Å²) in [6.07, 6.45) is 4.68. The molecule has 3 amide bonds. The number of halogens is 1. The molecule has 0 aliphatic carbocycles. The van der Waals surface area contributed by atoms with E-state index in [0.717, 1.165) is 11.1 Å². The fraction of sp³-hybridized carbons (Fsp3) is 0.424. The normalized spacial score (nSPS) is 27.6. The van der Waals surface area contributed by atoms with E-state index in [1.54, 1.807) is 39.8 Å². The number of likely N-dealkylation sites (tertiary alicyclic amines) is 1. The Labute approximate surface area is 257 Å². The maximum absolute atomic E-state index is 14.7. The quantitative estimate of drug-likeness (QED) is 0.369. The molecule has 1 N–H and O–H groups in total. The van der Waals surface area contributed by atoms with Crippen LogP contribution in [0.4, 0.5) is 5.69 Å². The maximum atomic E-state index is 14.7. The standard InChI is InChI=1S/C33H38ClN3O4S/c1-5-17-35(21-23-12-8-7-9-13-23)29(39)25-26-30(40)37(19-20-38)28(33(26)16-15-32(25,4)42-33)31(41)36(18-6-2)27-22(3)11-10-14-24(27)34/h5-14,25-26,28,38H,1-2,15-21H2,3-4H3/t25-,26-,28?,32+,33?/m0/s1. The van der Waals surface area contributed by atoms with Crippen molar-refractivity contribution in [2.24, 2.45) is 11.8 Å². The van der Waals surface area contributed by atoms with Crippen LogP contribution < -0.4 is 4.90 Å². The molecule has 3 fully saturated rings. The summed E-state index contributed by atoms with van der Waals surface area (Å²) in [6, 6.07) is 14.4. The lowest BCUT2D eigenvalue weighted by molar-refractivity contribution is -0.145. The smallest absolute Gasteiger partial charge is 0.251 e. The molecule has 3 aliphatic rings. The highest BCUT2D eigenvalue weighted by Gasteiger charge is 2.77. The summed E-state index contributed by atoms with van der Waals surface area (Å²) in [5, 5.41) is 10.5. The molecule has 42 heavy (non-hydrogen) atoms. The SMILES string of the molecule is C=CCN(Cc1ccccc1)C(=O)[C@@H]1[C@H]2C(=O)N(CCO)C(C(=O)N(CC=C)c3c(C)cccc3Cl)C23CC[C@@]1(C)S3. The van der Waals surface area contributed by atoms with Crippen molar-refractivity contribution in [1.29, 1.82) is 0 Å². The molecule has 2 aromatic carbocycles. The molecule has 222 valence electrons. The lowest BCUT2D eigenvalue weighted by Crippen LogP contribution is -2.55. The summed E-state index contributed by atoms with van der Waals surface area (Å²) in [5.74, 6) is -1.91. The van der Waals surface area contributed by atoms with E-state index in [9.17, 15) is 19.5 Å². The molecule has 2 bridgehead atoms. The van der Waals surface area contributed by atoms with Gasteiger partial charge in [-0.15, -0.1) is 24.9 Å².